The number of carbonyl (C=O) groups excluding carboxylic acids is 1. The predicted octanol–water partition coefficient (Wildman–Crippen LogP) is 3.62. The second kappa shape index (κ2) is 5.04. The Labute approximate surface area is 132 Å². The van der Waals surface area contributed by atoms with Crippen LogP contribution in [0.4, 0.5) is 0 Å². The Morgan fingerprint density at radius 2 is 2.09 bits per heavy atom. The number of aliphatic imine (C=N–C) groups is 1. The van der Waals surface area contributed by atoms with Crippen LogP contribution in [0.25, 0.3) is 5.57 Å². The number of rotatable bonds is 1. The number of aryl methyl sites for hydroxylation is 1. The minimum absolute atomic E-state index is 0.0425. The topological polar surface area (TPSA) is 53.2 Å². The minimum Gasteiger partial charge on any atom is -0.266 e. The Hall–Kier alpha value is -2.51. The van der Waals surface area contributed by atoms with Gasteiger partial charge in [0.05, 0.1) is 5.71 Å². The highest BCUT2D eigenvalue weighted by atomic mass is 32.1. The maximum Gasteiger partial charge on any atom is 0.288 e. The summed E-state index contributed by atoms with van der Waals surface area (Å²) in [6.07, 6.45) is 1.84. The first-order valence-electron chi connectivity index (χ1n) is 7.19. The van der Waals surface area contributed by atoms with Gasteiger partial charge in [-0.05, 0) is 41.0 Å². The van der Waals surface area contributed by atoms with Gasteiger partial charge in [-0.15, -0.1) is 11.3 Å². The van der Waals surface area contributed by atoms with E-state index in [2.05, 4.69) is 17.1 Å². The third-order valence-electron chi connectivity index (χ3n) is 4.28. The van der Waals surface area contributed by atoms with Crippen LogP contribution in [0.3, 0.4) is 0 Å². The van der Waals surface area contributed by atoms with Crippen molar-refractivity contribution < 1.29 is 4.79 Å². The SMILES string of the molecule is N#CC1=C2c3ccccc3CCC2C(c2cccs2)=NC1=O. The van der Waals surface area contributed by atoms with Crippen molar-refractivity contribution in [2.75, 3.05) is 0 Å². The van der Waals surface area contributed by atoms with E-state index < -0.39 is 5.91 Å². The highest BCUT2D eigenvalue weighted by molar-refractivity contribution is 7.12. The van der Waals surface area contributed by atoms with Gasteiger partial charge < -0.3 is 0 Å². The third kappa shape index (κ3) is 1.87. The van der Waals surface area contributed by atoms with Gasteiger partial charge in [0, 0.05) is 10.8 Å². The minimum atomic E-state index is -0.408. The van der Waals surface area contributed by atoms with Gasteiger partial charge in [0.1, 0.15) is 11.6 Å². The standard InChI is InChI=1S/C18H12N2OS/c19-10-14-16-12-5-2-1-4-11(12)7-8-13(16)17(20-18(14)21)15-6-3-9-22-15/h1-6,9,13H,7-8H2. The summed E-state index contributed by atoms with van der Waals surface area (Å²) in [6.45, 7) is 0. The first-order chi connectivity index (χ1) is 10.8. The summed E-state index contributed by atoms with van der Waals surface area (Å²) in [5, 5.41) is 11.4. The molecule has 1 atom stereocenters. The second-order valence-electron chi connectivity index (χ2n) is 5.43. The zero-order chi connectivity index (χ0) is 15.1. The van der Waals surface area contributed by atoms with E-state index in [1.807, 2.05) is 35.7 Å². The molecule has 3 nitrogen and oxygen atoms in total. The Bertz CT molecular complexity index is 869. The van der Waals surface area contributed by atoms with E-state index in [0.29, 0.717) is 0 Å². The average molecular weight is 304 g/mol. The Morgan fingerprint density at radius 3 is 2.86 bits per heavy atom. The van der Waals surface area contributed by atoms with Crippen LogP contribution in [0.15, 0.2) is 52.3 Å². The summed E-state index contributed by atoms with van der Waals surface area (Å²) in [5.41, 5.74) is 4.14. The average Bonchev–Trinajstić information content (AvgIpc) is 3.08. The number of benzene rings is 1. The van der Waals surface area contributed by atoms with Gasteiger partial charge in [-0.25, -0.2) is 4.99 Å². The number of hydrogen-bond acceptors (Lipinski definition) is 3. The fourth-order valence-corrected chi connectivity index (χ4v) is 4.10. The lowest BCUT2D eigenvalue weighted by Gasteiger charge is -2.31. The molecule has 1 amide bonds. The zero-order valence-electron chi connectivity index (χ0n) is 11.7. The molecule has 0 fully saturated rings. The number of thiophene rings is 1. The van der Waals surface area contributed by atoms with Crippen LogP contribution in [0.5, 0.6) is 0 Å². The van der Waals surface area contributed by atoms with Gasteiger partial charge >= 0.3 is 0 Å². The molecule has 106 valence electrons. The fraction of sp³-hybridized carbons (Fsp3) is 0.167. The Balaban J connectivity index is 1.95. The molecular weight excluding hydrogens is 292 g/mol. The molecule has 1 aromatic carbocycles. The fourth-order valence-electron chi connectivity index (χ4n) is 3.33. The van der Waals surface area contributed by atoms with Crippen molar-refractivity contribution in [2.24, 2.45) is 10.9 Å². The second-order valence-corrected chi connectivity index (χ2v) is 6.38. The molecule has 1 aliphatic carbocycles. The summed E-state index contributed by atoms with van der Waals surface area (Å²) < 4.78 is 0. The van der Waals surface area contributed by atoms with Gasteiger partial charge in [-0.1, -0.05) is 30.3 Å². The van der Waals surface area contributed by atoms with Gasteiger partial charge in [0.2, 0.25) is 0 Å². The van der Waals surface area contributed by atoms with Crippen molar-refractivity contribution in [3.8, 4) is 6.07 Å². The summed E-state index contributed by atoms with van der Waals surface area (Å²) in [7, 11) is 0. The molecule has 1 aliphatic heterocycles. The Morgan fingerprint density at radius 1 is 1.23 bits per heavy atom. The van der Waals surface area contributed by atoms with E-state index in [9.17, 15) is 10.1 Å². The number of nitriles is 1. The maximum atomic E-state index is 12.3. The number of hydrogen-bond donors (Lipinski definition) is 0. The molecule has 4 rings (SSSR count). The van der Waals surface area contributed by atoms with Crippen molar-refractivity contribution in [3.63, 3.8) is 0 Å². The van der Waals surface area contributed by atoms with E-state index in [0.717, 1.165) is 34.6 Å². The number of nitrogens with zero attached hydrogens (tertiary/aromatic N) is 2. The third-order valence-corrected chi connectivity index (χ3v) is 5.17. The van der Waals surface area contributed by atoms with E-state index >= 15 is 0 Å². The molecule has 22 heavy (non-hydrogen) atoms. The molecule has 0 N–H and O–H groups in total. The van der Waals surface area contributed by atoms with Gasteiger partial charge in [0.15, 0.2) is 0 Å². The molecule has 2 heterocycles. The highest BCUT2D eigenvalue weighted by Gasteiger charge is 2.36. The molecule has 0 saturated carbocycles. The van der Waals surface area contributed by atoms with Crippen molar-refractivity contribution >= 4 is 28.5 Å². The molecule has 0 bridgehead atoms. The van der Waals surface area contributed by atoms with Crippen molar-refractivity contribution in [1.29, 1.82) is 5.26 Å². The lowest BCUT2D eigenvalue weighted by Crippen LogP contribution is -2.29. The number of fused-ring (bicyclic) bond motifs is 3. The monoisotopic (exact) mass is 304 g/mol. The summed E-state index contributed by atoms with van der Waals surface area (Å²) >= 11 is 1.59. The maximum absolute atomic E-state index is 12.3. The Kier molecular flexibility index (Phi) is 3.02. The van der Waals surface area contributed by atoms with E-state index in [-0.39, 0.29) is 11.5 Å². The van der Waals surface area contributed by atoms with Gasteiger partial charge in [0.25, 0.3) is 5.91 Å². The quantitative estimate of drug-likeness (QED) is 0.808. The normalized spacial score (nSPS) is 20.0. The van der Waals surface area contributed by atoms with Crippen molar-refractivity contribution in [1.82, 2.24) is 0 Å². The number of carbonyl (C=O) groups is 1. The smallest absolute Gasteiger partial charge is 0.266 e. The zero-order valence-corrected chi connectivity index (χ0v) is 12.6. The molecule has 4 heteroatoms. The van der Waals surface area contributed by atoms with Crippen LogP contribution in [0, 0.1) is 17.2 Å². The van der Waals surface area contributed by atoms with Crippen LogP contribution >= 0.6 is 11.3 Å². The first-order valence-corrected chi connectivity index (χ1v) is 8.07. The number of allylic oxidation sites excluding steroid dienone is 1. The van der Waals surface area contributed by atoms with E-state index in [1.54, 1.807) is 11.3 Å². The summed E-state index contributed by atoms with van der Waals surface area (Å²) in [5.74, 6) is -0.366. The van der Waals surface area contributed by atoms with Crippen LogP contribution in [-0.4, -0.2) is 11.6 Å². The van der Waals surface area contributed by atoms with Gasteiger partial charge in [-0.3, -0.25) is 4.79 Å². The van der Waals surface area contributed by atoms with Crippen molar-refractivity contribution in [3.05, 3.63) is 63.4 Å². The van der Waals surface area contributed by atoms with Gasteiger partial charge in [-0.2, -0.15) is 5.26 Å². The highest BCUT2D eigenvalue weighted by Crippen LogP contribution is 2.42. The largest absolute Gasteiger partial charge is 0.288 e. The van der Waals surface area contributed by atoms with Crippen LogP contribution in [0.2, 0.25) is 0 Å². The molecule has 1 unspecified atom stereocenters. The summed E-state index contributed by atoms with van der Waals surface area (Å²) in [6, 6.07) is 14.1. The van der Waals surface area contributed by atoms with Crippen molar-refractivity contribution in [2.45, 2.75) is 12.8 Å². The lowest BCUT2D eigenvalue weighted by atomic mass is 9.73. The molecular formula is C18H12N2OS. The number of amides is 1. The van der Waals surface area contributed by atoms with Crippen LogP contribution in [-0.2, 0) is 11.2 Å². The molecule has 0 radical (unpaired) electrons. The van der Waals surface area contributed by atoms with Crippen LogP contribution in [0.1, 0.15) is 22.4 Å². The molecule has 2 aromatic rings. The van der Waals surface area contributed by atoms with E-state index in [1.165, 1.54) is 5.56 Å². The lowest BCUT2D eigenvalue weighted by molar-refractivity contribution is -0.114. The first kappa shape index (κ1) is 13.2. The van der Waals surface area contributed by atoms with E-state index in [4.69, 9.17) is 0 Å². The molecule has 0 saturated heterocycles. The predicted molar refractivity (Wildman–Crippen MR) is 86.6 cm³/mol. The number of dihydropyridines is 1. The summed E-state index contributed by atoms with van der Waals surface area (Å²) in [4.78, 5) is 17.6. The molecule has 0 spiro atoms. The molecule has 2 aliphatic rings. The van der Waals surface area contributed by atoms with Crippen LogP contribution < -0.4 is 0 Å². The molecule has 1 aromatic heterocycles.